The van der Waals surface area contributed by atoms with Gasteiger partial charge in [0.15, 0.2) is 0 Å². The molecule has 0 spiro atoms. The maximum absolute atomic E-state index is 9.98. The Morgan fingerprint density at radius 1 is 1.50 bits per heavy atom. The van der Waals surface area contributed by atoms with Gasteiger partial charge in [-0.25, -0.2) is 0 Å². The fraction of sp³-hybridized carbons (Fsp3) is 0. The van der Waals surface area contributed by atoms with Crippen molar-refractivity contribution < 1.29 is 6.17 Å². The lowest BCUT2D eigenvalue weighted by Gasteiger charge is -1.80. The highest BCUT2D eigenvalue weighted by Gasteiger charge is 1.81. The summed E-state index contributed by atoms with van der Waals surface area (Å²) in [6.45, 7) is 0. The summed E-state index contributed by atoms with van der Waals surface area (Å²) in [5, 5.41) is 0. The quantitative estimate of drug-likeness (QED) is 0.524. The summed E-state index contributed by atoms with van der Waals surface area (Å²) in [4.78, 5) is 9.98. The Bertz CT molecular complexity index is 220. The first-order valence-corrected chi connectivity index (χ1v) is 2.28. The third-order valence-electron chi connectivity index (χ3n) is 0.819. The summed E-state index contributed by atoms with van der Waals surface area (Å²) < 4.78 is 7.11. The zero-order valence-electron chi connectivity index (χ0n) is 5.22. The molecular formula is C7H5O. The topological polar surface area (TPSA) is 17.1 Å². The highest BCUT2D eigenvalue weighted by Crippen LogP contribution is 1.91. The van der Waals surface area contributed by atoms with Crippen LogP contribution in [0.1, 0.15) is 6.93 Å². The van der Waals surface area contributed by atoms with Gasteiger partial charge in [0.25, 0.3) is 0 Å². The summed E-state index contributed by atoms with van der Waals surface area (Å²) in [6, 6.07) is 6.77. The molecule has 0 heterocycles. The van der Waals surface area contributed by atoms with Crippen LogP contribution in [0.3, 0.4) is 0 Å². The van der Waals surface area contributed by atoms with Gasteiger partial charge in [-0.15, -0.1) is 0 Å². The molecule has 0 saturated heterocycles. The third kappa shape index (κ3) is 0.936. The van der Waals surface area contributed by atoms with Gasteiger partial charge in [0.05, 0.1) is 1.37 Å². The molecule has 1 heteroatoms. The van der Waals surface area contributed by atoms with E-state index in [0.29, 0.717) is 5.56 Å². The number of hydrogen-bond acceptors (Lipinski definition) is 1. The minimum absolute atomic E-state index is 0.229. The van der Waals surface area contributed by atoms with Crippen LogP contribution in [0.4, 0.5) is 0 Å². The molecule has 0 amide bonds. The van der Waals surface area contributed by atoms with Crippen molar-refractivity contribution in [2.24, 2.45) is 0 Å². The molecule has 0 N–H and O–H groups in total. The minimum atomic E-state index is 0.229. The van der Waals surface area contributed by atoms with E-state index in [4.69, 9.17) is 1.37 Å². The fourth-order valence-electron chi connectivity index (χ4n) is 0.457. The van der Waals surface area contributed by atoms with Gasteiger partial charge in [0, 0.05) is 5.56 Å². The van der Waals surface area contributed by atoms with Gasteiger partial charge < -0.3 is 0 Å². The second-order valence-corrected chi connectivity index (χ2v) is 1.38. The summed E-state index contributed by atoms with van der Waals surface area (Å²) in [7, 11) is 0. The van der Waals surface area contributed by atoms with Gasteiger partial charge >= 0.3 is 0 Å². The molecule has 0 fully saturated rings. The minimum Gasteiger partial charge on any atom is -0.285 e. The van der Waals surface area contributed by atoms with Crippen LogP contribution < -0.4 is 0 Å². The van der Waals surface area contributed by atoms with Crippen molar-refractivity contribution in [2.45, 2.75) is 0 Å². The molecule has 0 bridgehead atoms. The van der Waals surface area contributed by atoms with E-state index < -0.39 is 0 Å². The van der Waals surface area contributed by atoms with Gasteiger partial charge in [0.1, 0.15) is 0 Å². The van der Waals surface area contributed by atoms with Crippen molar-refractivity contribution in [1.29, 1.82) is 0 Å². The Morgan fingerprint density at radius 2 is 2.38 bits per heavy atom. The molecule has 1 nitrogen and oxygen atoms in total. The number of benzene rings is 1. The third-order valence-corrected chi connectivity index (χ3v) is 0.819. The number of rotatable bonds is 1. The van der Waals surface area contributed by atoms with Gasteiger partial charge in [0.2, 0.25) is 6.29 Å². The summed E-state index contributed by atoms with van der Waals surface area (Å²) in [6.07, 6.45) is 1.66. The normalized spacial score (nSPS) is 10.2. The molecule has 1 rings (SSSR count). The fourth-order valence-corrected chi connectivity index (χ4v) is 0.457. The van der Waals surface area contributed by atoms with Crippen molar-refractivity contribution in [2.75, 3.05) is 0 Å². The van der Waals surface area contributed by atoms with Gasteiger partial charge in [-0.1, -0.05) is 30.3 Å². The van der Waals surface area contributed by atoms with E-state index in [1.807, 2.05) is 0 Å². The summed E-state index contributed by atoms with van der Waals surface area (Å²) in [5.41, 5.74) is 0.317. The van der Waals surface area contributed by atoms with Crippen LogP contribution in [0.15, 0.2) is 30.3 Å². The van der Waals surface area contributed by atoms with Crippen molar-refractivity contribution >= 4 is 6.29 Å². The van der Waals surface area contributed by atoms with Crippen LogP contribution >= 0.6 is 0 Å². The van der Waals surface area contributed by atoms with Crippen LogP contribution in [-0.2, 0) is 4.79 Å². The molecule has 1 aromatic rings. The van der Waals surface area contributed by atoms with E-state index in [-0.39, 0.29) is 6.04 Å². The maximum atomic E-state index is 9.98. The van der Waals surface area contributed by atoms with Gasteiger partial charge in [-0.3, -0.25) is 4.79 Å². The molecule has 39 valence electrons. The molecule has 1 aromatic carbocycles. The van der Waals surface area contributed by atoms with Crippen LogP contribution in [0.5, 0.6) is 0 Å². The van der Waals surface area contributed by atoms with Gasteiger partial charge in [-0.2, -0.15) is 0 Å². The van der Waals surface area contributed by atoms with Crippen LogP contribution in [-0.4, -0.2) is 6.29 Å². The Labute approximate surface area is 49.4 Å². The van der Waals surface area contributed by atoms with Crippen molar-refractivity contribution in [3.63, 3.8) is 0 Å². The molecular weight excluding hydrogens is 100 g/mol. The van der Waals surface area contributed by atoms with Crippen molar-refractivity contribution in [1.82, 2.24) is 0 Å². The molecule has 8 heavy (non-hydrogen) atoms. The standard InChI is InChI=1S/C7H5O/c8-6-7-4-2-1-3-5-7/h1-5H/i4D. The monoisotopic (exact) mass is 106 g/mol. The molecule has 0 aliphatic heterocycles. The Balaban J connectivity index is 3.15. The maximum Gasteiger partial charge on any atom is 0.233 e. The lowest BCUT2D eigenvalue weighted by Crippen LogP contribution is -1.73. The second kappa shape index (κ2) is 2.26. The predicted octanol–water partition coefficient (Wildman–Crippen LogP) is 1.14. The number of hydrogen-bond donors (Lipinski definition) is 0. The van der Waals surface area contributed by atoms with E-state index in [9.17, 15) is 4.79 Å². The van der Waals surface area contributed by atoms with Crippen molar-refractivity contribution in [3.05, 3.63) is 35.9 Å². The lowest BCUT2D eigenvalue weighted by molar-refractivity contribution is 0.563. The summed E-state index contributed by atoms with van der Waals surface area (Å²) >= 11 is 0. The highest BCUT2D eigenvalue weighted by atomic mass is 16.1. The van der Waals surface area contributed by atoms with Crippen LogP contribution in [0.25, 0.3) is 0 Å². The first-order chi connectivity index (χ1) is 4.34. The second-order valence-electron chi connectivity index (χ2n) is 1.38. The average molecular weight is 106 g/mol. The van der Waals surface area contributed by atoms with E-state index in [1.165, 1.54) is 0 Å². The van der Waals surface area contributed by atoms with Crippen molar-refractivity contribution in [3.8, 4) is 0 Å². The molecule has 0 aromatic heterocycles. The first kappa shape index (κ1) is 3.84. The van der Waals surface area contributed by atoms with E-state index in [1.54, 1.807) is 30.6 Å². The largest absolute Gasteiger partial charge is 0.285 e. The Morgan fingerprint density at radius 3 is 2.88 bits per heavy atom. The average Bonchev–Trinajstić information content (AvgIpc) is 1.89. The zero-order valence-corrected chi connectivity index (χ0v) is 4.22. The molecule has 0 atom stereocenters. The number of carbonyl (C=O) groups excluding carboxylic acids is 1. The predicted molar refractivity (Wildman–Crippen MR) is 31.2 cm³/mol. The molecule has 1 radical (unpaired) electrons. The highest BCUT2D eigenvalue weighted by molar-refractivity contribution is 5.74. The smallest absolute Gasteiger partial charge is 0.233 e. The van der Waals surface area contributed by atoms with Crippen LogP contribution in [0.2, 0.25) is 0 Å². The molecule has 0 aliphatic rings. The lowest BCUT2D eigenvalue weighted by atomic mass is 10.2. The Kier molecular flexibility index (Phi) is 1.09. The molecule has 0 aliphatic carbocycles. The van der Waals surface area contributed by atoms with Gasteiger partial charge in [-0.05, 0) is 0 Å². The SMILES string of the molecule is [2H]c1ccccc1[C]=O. The molecule has 0 saturated carbocycles. The summed E-state index contributed by atoms with van der Waals surface area (Å²) in [5.74, 6) is 0. The van der Waals surface area contributed by atoms with E-state index in [0.717, 1.165) is 0 Å². The first-order valence-electron chi connectivity index (χ1n) is 2.78. The van der Waals surface area contributed by atoms with Crippen LogP contribution in [0, 0.1) is 0 Å². The zero-order chi connectivity index (χ0) is 6.69. The van der Waals surface area contributed by atoms with E-state index >= 15 is 0 Å². The van der Waals surface area contributed by atoms with E-state index in [2.05, 4.69) is 0 Å². The Hall–Kier alpha value is -1.11. The molecule has 0 unspecified atom stereocenters.